The molecule has 2 fully saturated rings. The molecule has 0 saturated carbocycles. The van der Waals surface area contributed by atoms with Gasteiger partial charge in [-0.15, -0.1) is 0 Å². The standard InChI is InChI=1S/C17H23NO3/c1-12-9-14-11-18(8-7-16(14)21-12)17(19)10-13-3-5-15(20-2)6-4-13/h3-6,12,14,16H,7-11H2,1-2H3/t12-,14-,16+/m1/s1. The summed E-state index contributed by atoms with van der Waals surface area (Å²) in [7, 11) is 1.65. The summed E-state index contributed by atoms with van der Waals surface area (Å²) < 4.78 is 11.0. The Morgan fingerprint density at radius 2 is 2.14 bits per heavy atom. The molecule has 114 valence electrons. The minimum atomic E-state index is 0.221. The molecular formula is C17H23NO3. The van der Waals surface area contributed by atoms with Crippen LogP contribution in [0.15, 0.2) is 24.3 Å². The molecule has 2 heterocycles. The van der Waals surface area contributed by atoms with Gasteiger partial charge >= 0.3 is 0 Å². The lowest BCUT2D eigenvalue weighted by Crippen LogP contribution is -2.45. The van der Waals surface area contributed by atoms with E-state index in [0.29, 0.717) is 24.5 Å². The SMILES string of the molecule is COc1ccc(CC(=O)N2CC[C@@H]3O[C@H](C)C[C@@H]3C2)cc1. The number of carbonyl (C=O) groups is 1. The monoisotopic (exact) mass is 289 g/mol. The zero-order valence-electron chi connectivity index (χ0n) is 12.7. The number of hydrogen-bond donors (Lipinski definition) is 0. The van der Waals surface area contributed by atoms with Gasteiger partial charge in [-0.25, -0.2) is 0 Å². The summed E-state index contributed by atoms with van der Waals surface area (Å²) >= 11 is 0. The van der Waals surface area contributed by atoms with Crippen molar-refractivity contribution in [1.82, 2.24) is 4.90 Å². The molecule has 0 bridgehead atoms. The Morgan fingerprint density at radius 1 is 1.38 bits per heavy atom. The van der Waals surface area contributed by atoms with E-state index in [9.17, 15) is 4.79 Å². The largest absolute Gasteiger partial charge is 0.497 e. The second-order valence-corrected chi connectivity index (χ2v) is 6.13. The van der Waals surface area contributed by atoms with Gasteiger partial charge in [-0.1, -0.05) is 12.1 Å². The first-order chi connectivity index (χ1) is 10.2. The molecule has 4 heteroatoms. The highest BCUT2D eigenvalue weighted by molar-refractivity contribution is 5.79. The van der Waals surface area contributed by atoms with Crippen LogP contribution >= 0.6 is 0 Å². The normalized spacial score (nSPS) is 28.3. The molecule has 0 unspecified atom stereocenters. The first-order valence-electron chi connectivity index (χ1n) is 7.72. The first kappa shape index (κ1) is 14.4. The molecule has 4 nitrogen and oxygen atoms in total. The van der Waals surface area contributed by atoms with Crippen molar-refractivity contribution in [3.05, 3.63) is 29.8 Å². The number of likely N-dealkylation sites (tertiary alicyclic amines) is 1. The van der Waals surface area contributed by atoms with Crippen molar-refractivity contribution >= 4 is 5.91 Å². The van der Waals surface area contributed by atoms with Crippen LogP contribution in [0.2, 0.25) is 0 Å². The number of hydrogen-bond acceptors (Lipinski definition) is 3. The van der Waals surface area contributed by atoms with E-state index in [1.54, 1.807) is 7.11 Å². The molecule has 0 spiro atoms. The maximum Gasteiger partial charge on any atom is 0.227 e. The van der Waals surface area contributed by atoms with Gasteiger partial charge < -0.3 is 14.4 Å². The topological polar surface area (TPSA) is 38.8 Å². The molecule has 3 rings (SSSR count). The fourth-order valence-corrected chi connectivity index (χ4v) is 3.45. The highest BCUT2D eigenvalue weighted by Gasteiger charge is 2.38. The number of rotatable bonds is 3. The van der Waals surface area contributed by atoms with Gasteiger partial charge in [0.05, 0.1) is 25.7 Å². The summed E-state index contributed by atoms with van der Waals surface area (Å²) in [5.74, 6) is 1.57. The molecule has 0 aliphatic carbocycles. The Morgan fingerprint density at radius 3 is 2.86 bits per heavy atom. The number of nitrogens with zero attached hydrogens (tertiary/aromatic N) is 1. The van der Waals surface area contributed by atoms with Gasteiger partial charge in [0.2, 0.25) is 5.91 Å². The van der Waals surface area contributed by atoms with Crippen molar-refractivity contribution in [3.8, 4) is 5.75 Å². The van der Waals surface area contributed by atoms with Crippen LogP contribution in [0.25, 0.3) is 0 Å². The number of benzene rings is 1. The van der Waals surface area contributed by atoms with Gasteiger partial charge in [-0.05, 0) is 37.5 Å². The third-order valence-electron chi connectivity index (χ3n) is 4.57. The Labute approximate surface area is 126 Å². The lowest BCUT2D eigenvalue weighted by molar-refractivity contribution is -0.133. The van der Waals surface area contributed by atoms with Crippen LogP contribution in [0.1, 0.15) is 25.3 Å². The predicted molar refractivity (Wildman–Crippen MR) is 80.3 cm³/mol. The summed E-state index contributed by atoms with van der Waals surface area (Å²) in [5, 5.41) is 0. The fourth-order valence-electron chi connectivity index (χ4n) is 3.45. The maximum atomic E-state index is 12.4. The minimum absolute atomic E-state index is 0.221. The van der Waals surface area contributed by atoms with E-state index < -0.39 is 0 Å². The van der Waals surface area contributed by atoms with Gasteiger partial charge in [0.1, 0.15) is 5.75 Å². The van der Waals surface area contributed by atoms with E-state index in [0.717, 1.165) is 37.2 Å². The van der Waals surface area contributed by atoms with E-state index in [1.807, 2.05) is 29.2 Å². The third-order valence-corrected chi connectivity index (χ3v) is 4.57. The van der Waals surface area contributed by atoms with Gasteiger partial charge in [0.25, 0.3) is 0 Å². The van der Waals surface area contributed by atoms with Crippen LogP contribution in [-0.4, -0.2) is 43.2 Å². The van der Waals surface area contributed by atoms with Gasteiger partial charge in [-0.2, -0.15) is 0 Å². The quantitative estimate of drug-likeness (QED) is 0.857. The summed E-state index contributed by atoms with van der Waals surface area (Å²) in [5.41, 5.74) is 1.04. The smallest absolute Gasteiger partial charge is 0.227 e. The number of carbonyl (C=O) groups excluding carboxylic acids is 1. The van der Waals surface area contributed by atoms with Crippen molar-refractivity contribution in [1.29, 1.82) is 0 Å². The van der Waals surface area contributed by atoms with Crippen LogP contribution in [-0.2, 0) is 16.0 Å². The van der Waals surface area contributed by atoms with E-state index in [2.05, 4.69) is 6.92 Å². The zero-order valence-corrected chi connectivity index (χ0v) is 12.7. The number of amides is 1. The van der Waals surface area contributed by atoms with Crippen LogP contribution < -0.4 is 4.74 Å². The molecule has 3 atom stereocenters. The molecule has 1 aromatic carbocycles. The summed E-state index contributed by atoms with van der Waals surface area (Å²) in [6.45, 7) is 3.80. The van der Waals surface area contributed by atoms with Crippen molar-refractivity contribution in [2.45, 2.75) is 38.4 Å². The molecule has 0 radical (unpaired) electrons. The number of ether oxygens (including phenoxy) is 2. The first-order valence-corrected chi connectivity index (χ1v) is 7.72. The van der Waals surface area contributed by atoms with Gasteiger partial charge in [0, 0.05) is 19.0 Å². The molecule has 1 aromatic rings. The lowest BCUT2D eigenvalue weighted by Gasteiger charge is -2.34. The van der Waals surface area contributed by atoms with Crippen LogP contribution in [0.3, 0.4) is 0 Å². The molecule has 2 saturated heterocycles. The minimum Gasteiger partial charge on any atom is -0.497 e. The summed E-state index contributed by atoms with van der Waals surface area (Å²) in [6, 6.07) is 7.73. The van der Waals surface area contributed by atoms with E-state index in [-0.39, 0.29) is 5.91 Å². The Balaban J connectivity index is 1.58. The highest BCUT2D eigenvalue weighted by atomic mass is 16.5. The molecule has 0 aromatic heterocycles. The molecule has 21 heavy (non-hydrogen) atoms. The third kappa shape index (κ3) is 3.21. The average molecular weight is 289 g/mol. The van der Waals surface area contributed by atoms with Crippen molar-refractivity contribution in [2.75, 3.05) is 20.2 Å². The van der Waals surface area contributed by atoms with Crippen molar-refractivity contribution in [2.24, 2.45) is 5.92 Å². The van der Waals surface area contributed by atoms with Crippen LogP contribution in [0, 0.1) is 5.92 Å². The maximum absolute atomic E-state index is 12.4. The number of fused-ring (bicyclic) bond motifs is 1. The Kier molecular flexibility index (Phi) is 4.15. The summed E-state index contributed by atoms with van der Waals surface area (Å²) in [6.07, 6.45) is 3.24. The van der Waals surface area contributed by atoms with Gasteiger partial charge in [0.15, 0.2) is 0 Å². The Bertz CT molecular complexity index is 499. The molecular weight excluding hydrogens is 266 g/mol. The average Bonchev–Trinajstić information content (AvgIpc) is 2.87. The van der Waals surface area contributed by atoms with Crippen molar-refractivity contribution < 1.29 is 14.3 Å². The molecule has 2 aliphatic rings. The molecule has 2 aliphatic heterocycles. The highest BCUT2D eigenvalue weighted by Crippen LogP contribution is 2.32. The van der Waals surface area contributed by atoms with Crippen LogP contribution in [0.4, 0.5) is 0 Å². The summed E-state index contributed by atoms with van der Waals surface area (Å²) in [4.78, 5) is 14.5. The van der Waals surface area contributed by atoms with Gasteiger partial charge in [-0.3, -0.25) is 4.79 Å². The predicted octanol–water partition coefficient (Wildman–Crippen LogP) is 2.26. The molecule has 1 amide bonds. The van der Waals surface area contributed by atoms with Crippen molar-refractivity contribution in [3.63, 3.8) is 0 Å². The number of piperidine rings is 1. The fraction of sp³-hybridized carbons (Fsp3) is 0.588. The second-order valence-electron chi connectivity index (χ2n) is 6.13. The lowest BCUT2D eigenvalue weighted by atomic mass is 9.92. The van der Waals surface area contributed by atoms with E-state index in [1.165, 1.54) is 0 Å². The van der Waals surface area contributed by atoms with E-state index >= 15 is 0 Å². The molecule has 0 N–H and O–H groups in total. The van der Waals surface area contributed by atoms with Crippen LogP contribution in [0.5, 0.6) is 5.75 Å². The Hall–Kier alpha value is -1.55. The zero-order chi connectivity index (χ0) is 14.8. The number of methoxy groups -OCH3 is 1. The second kappa shape index (κ2) is 6.06. The van der Waals surface area contributed by atoms with E-state index in [4.69, 9.17) is 9.47 Å².